The van der Waals surface area contributed by atoms with Gasteiger partial charge in [0.15, 0.2) is 0 Å². The summed E-state index contributed by atoms with van der Waals surface area (Å²) >= 11 is 9.46. The van der Waals surface area contributed by atoms with Crippen LogP contribution in [0.25, 0.3) is 0 Å². The molecule has 0 fully saturated rings. The zero-order chi connectivity index (χ0) is 11.8. The van der Waals surface area contributed by atoms with E-state index in [0.717, 1.165) is 10.1 Å². The number of hydrogen-bond acceptors (Lipinski definition) is 3. The molecule has 0 bridgehead atoms. The van der Waals surface area contributed by atoms with Gasteiger partial charge in [0.25, 0.3) is 0 Å². The highest BCUT2D eigenvalue weighted by Gasteiger charge is 2.29. The number of thiophene rings is 1. The van der Waals surface area contributed by atoms with Gasteiger partial charge in [-0.1, -0.05) is 29.8 Å². The van der Waals surface area contributed by atoms with Gasteiger partial charge in [-0.15, -0.1) is 23.1 Å². The summed E-state index contributed by atoms with van der Waals surface area (Å²) in [5.74, 6) is 1.47. The maximum absolute atomic E-state index is 6.37. The molecular formula is C13H12ClNS2. The van der Waals surface area contributed by atoms with Gasteiger partial charge in [0, 0.05) is 27.5 Å². The minimum absolute atomic E-state index is 0.0589. The molecular weight excluding hydrogens is 270 g/mol. The fourth-order valence-electron chi connectivity index (χ4n) is 2.19. The van der Waals surface area contributed by atoms with Crippen molar-refractivity contribution in [2.75, 3.05) is 5.75 Å². The van der Waals surface area contributed by atoms with Crippen molar-refractivity contribution in [1.82, 2.24) is 0 Å². The number of nitrogens with two attached hydrogens (primary N) is 1. The van der Waals surface area contributed by atoms with Gasteiger partial charge in [-0.25, -0.2) is 0 Å². The van der Waals surface area contributed by atoms with E-state index in [1.807, 2.05) is 23.9 Å². The second-order valence-electron chi connectivity index (χ2n) is 4.12. The van der Waals surface area contributed by atoms with Crippen LogP contribution in [-0.2, 0) is 0 Å². The third kappa shape index (κ3) is 2.13. The van der Waals surface area contributed by atoms with Crippen LogP contribution in [0, 0.1) is 0 Å². The van der Waals surface area contributed by atoms with Crippen molar-refractivity contribution in [3.05, 3.63) is 51.2 Å². The van der Waals surface area contributed by atoms with Crippen molar-refractivity contribution in [2.24, 2.45) is 5.73 Å². The lowest BCUT2D eigenvalue weighted by Gasteiger charge is -2.18. The molecule has 1 aromatic carbocycles. The second-order valence-corrected chi connectivity index (χ2v) is 6.93. The molecule has 1 aliphatic heterocycles. The van der Waals surface area contributed by atoms with E-state index in [1.165, 1.54) is 15.3 Å². The Morgan fingerprint density at radius 2 is 2.06 bits per heavy atom. The van der Waals surface area contributed by atoms with Crippen molar-refractivity contribution >= 4 is 34.7 Å². The molecule has 0 saturated carbocycles. The van der Waals surface area contributed by atoms with Gasteiger partial charge in [0.1, 0.15) is 0 Å². The summed E-state index contributed by atoms with van der Waals surface area (Å²) in [5, 5.41) is 0. The van der Waals surface area contributed by atoms with Crippen LogP contribution in [0.5, 0.6) is 0 Å². The largest absolute Gasteiger partial charge is 0.323 e. The first-order valence-corrected chi connectivity index (χ1v) is 7.66. The highest BCUT2D eigenvalue weighted by atomic mass is 35.5. The molecule has 0 radical (unpaired) electrons. The summed E-state index contributed by atoms with van der Waals surface area (Å²) in [6.07, 6.45) is 0. The maximum atomic E-state index is 6.37. The summed E-state index contributed by atoms with van der Waals surface area (Å²) in [6.45, 7) is 0. The molecule has 4 heteroatoms. The Hall–Kier alpha value is -0.480. The lowest BCUT2D eigenvalue weighted by atomic mass is 9.93. The van der Waals surface area contributed by atoms with Crippen molar-refractivity contribution in [2.45, 2.75) is 16.9 Å². The second kappa shape index (κ2) is 4.65. The first-order valence-electron chi connectivity index (χ1n) is 5.48. The molecule has 2 unspecified atom stereocenters. The summed E-state index contributed by atoms with van der Waals surface area (Å²) < 4.78 is 0.814. The van der Waals surface area contributed by atoms with Gasteiger partial charge < -0.3 is 5.73 Å². The van der Waals surface area contributed by atoms with Gasteiger partial charge in [-0.2, -0.15) is 0 Å². The first kappa shape index (κ1) is 11.6. The van der Waals surface area contributed by atoms with Crippen LogP contribution in [0.2, 0.25) is 4.34 Å². The lowest BCUT2D eigenvalue weighted by Crippen LogP contribution is -2.18. The molecule has 2 atom stereocenters. The van der Waals surface area contributed by atoms with Gasteiger partial charge in [0.2, 0.25) is 0 Å². The molecule has 2 heterocycles. The summed E-state index contributed by atoms with van der Waals surface area (Å²) in [4.78, 5) is 2.55. The minimum atomic E-state index is 0.0589. The molecule has 88 valence electrons. The van der Waals surface area contributed by atoms with Crippen LogP contribution >= 0.6 is 34.7 Å². The van der Waals surface area contributed by atoms with Crippen molar-refractivity contribution in [3.63, 3.8) is 0 Å². The van der Waals surface area contributed by atoms with E-state index in [9.17, 15) is 0 Å². The SMILES string of the molecule is NC(c1ccc(Cl)s1)C1CSc2ccccc21. The number of hydrogen-bond donors (Lipinski definition) is 1. The standard InChI is InChI=1S/C13H12ClNS2/c14-12-6-5-11(17-12)13(15)9-7-16-10-4-2-1-3-8(9)10/h1-6,9,13H,7,15H2. The van der Waals surface area contributed by atoms with E-state index >= 15 is 0 Å². The predicted octanol–water partition coefficient (Wildman–Crippen LogP) is 4.29. The molecule has 0 aliphatic carbocycles. The van der Waals surface area contributed by atoms with Gasteiger partial charge >= 0.3 is 0 Å². The molecule has 0 spiro atoms. The number of thioether (sulfide) groups is 1. The van der Waals surface area contributed by atoms with E-state index < -0.39 is 0 Å². The summed E-state index contributed by atoms with van der Waals surface area (Å²) in [7, 11) is 0. The Morgan fingerprint density at radius 3 is 2.82 bits per heavy atom. The Labute approximate surface area is 114 Å². The molecule has 1 nitrogen and oxygen atoms in total. The van der Waals surface area contributed by atoms with Crippen molar-refractivity contribution in [1.29, 1.82) is 0 Å². The molecule has 2 N–H and O–H groups in total. The van der Waals surface area contributed by atoms with Crippen LogP contribution in [0.3, 0.4) is 0 Å². The number of halogens is 1. The Bertz CT molecular complexity index is 538. The zero-order valence-corrected chi connectivity index (χ0v) is 11.5. The Balaban J connectivity index is 1.92. The fraction of sp³-hybridized carbons (Fsp3) is 0.231. The summed E-state index contributed by atoms with van der Waals surface area (Å²) in [5.41, 5.74) is 7.75. The van der Waals surface area contributed by atoms with Crippen LogP contribution in [0.4, 0.5) is 0 Å². The third-order valence-electron chi connectivity index (χ3n) is 3.09. The Morgan fingerprint density at radius 1 is 1.24 bits per heavy atom. The fourth-order valence-corrected chi connectivity index (χ4v) is 4.63. The quantitative estimate of drug-likeness (QED) is 0.889. The smallest absolute Gasteiger partial charge is 0.0931 e. The topological polar surface area (TPSA) is 26.0 Å². The third-order valence-corrected chi connectivity index (χ3v) is 5.63. The average Bonchev–Trinajstić information content (AvgIpc) is 2.94. The van der Waals surface area contributed by atoms with Gasteiger partial charge in [-0.3, -0.25) is 0 Å². The van der Waals surface area contributed by atoms with Crippen molar-refractivity contribution in [3.8, 4) is 0 Å². The van der Waals surface area contributed by atoms with E-state index in [-0.39, 0.29) is 6.04 Å². The minimum Gasteiger partial charge on any atom is -0.323 e. The molecule has 3 rings (SSSR count). The maximum Gasteiger partial charge on any atom is 0.0931 e. The number of fused-ring (bicyclic) bond motifs is 1. The molecule has 0 amide bonds. The van der Waals surface area contributed by atoms with E-state index in [4.69, 9.17) is 17.3 Å². The monoisotopic (exact) mass is 281 g/mol. The molecule has 1 aliphatic rings. The molecule has 0 saturated heterocycles. The van der Waals surface area contributed by atoms with E-state index in [0.29, 0.717) is 5.92 Å². The van der Waals surface area contributed by atoms with E-state index in [2.05, 4.69) is 24.3 Å². The number of benzene rings is 1. The lowest BCUT2D eigenvalue weighted by molar-refractivity contribution is 0.617. The zero-order valence-electron chi connectivity index (χ0n) is 9.10. The molecule has 17 heavy (non-hydrogen) atoms. The first-order chi connectivity index (χ1) is 8.25. The normalized spacial score (nSPS) is 20.2. The average molecular weight is 282 g/mol. The van der Waals surface area contributed by atoms with Crippen molar-refractivity contribution < 1.29 is 0 Å². The highest BCUT2D eigenvalue weighted by molar-refractivity contribution is 7.99. The van der Waals surface area contributed by atoms with Gasteiger partial charge in [0.05, 0.1) is 4.34 Å². The van der Waals surface area contributed by atoms with Gasteiger partial charge in [-0.05, 0) is 23.8 Å². The Kier molecular flexibility index (Phi) is 3.17. The van der Waals surface area contributed by atoms with E-state index in [1.54, 1.807) is 11.3 Å². The van der Waals surface area contributed by atoms with Crippen LogP contribution < -0.4 is 5.73 Å². The predicted molar refractivity (Wildman–Crippen MR) is 76.2 cm³/mol. The number of rotatable bonds is 2. The summed E-state index contributed by atoms with van der Waals surface area (Å²) in [6, 6.07) is 12.6. The molecule has 2 aromatic rings. The highest BCUT2D eigenvalue weighted by Crippen LogP contribution is 2.45. The van der Waals surface area contributed by atoms with Crippen LogP contribution in [0.1, 0.15) is 22.4 Å². The molecule has 1 aromatic heterocycles. The van der Waals surface area contributed by atoms with Crippen LogP contribution in [0.15, 0.2) is 41.3 Å². The van der Waals surface area contributed by atoms with Crippen LogP contribution in [-0.4, -0.2) is 5.75 Å².